The van der Waals surface area contributed by atoms with Crippen molar-refractivity contribution in [2.24, 2.45) is 11.8 Å². The first-order valence-electron chi connectivity index (χ1n) is 3.87. The summed E-state index contributed by atoms with van der Waals surface area (Å²) in [5, 5.41) is 3.34. The van der Waals surface area contributed by atoms with E-state index in [4.69, 9.17) is 0 Å². The lowest BCUT2D eigenvalue weighted by Gasteiger charge is -2.22. The van der Waals surface area contributed by atoms with Crippen LogP contribution in [0.2, 0.25) is 0 Å². The van der Waals surface area contributed by atoms with Gasteiger partial charge in [0.25, 0.3) is 0 Å². The molecule has 1 aliphatic rings. The Hall–Kier alpha value is -0.860. The summed E-state index contributed by atoms with van der Waals surface area (Å²) in [5.41, 5.74) is 0. The van der Waals surface area contributed by atoms with Gasteiger partial charge < -0.3 is 0 Å². The first-order chi connectivity index (χ1) is 5.09. The molecule has 0 bridgehead atoms. The minimum atomic E-state index is -0.250. The number of hydrogen-bond donors (Lipinski definition) is 0. The van der Waals surface area contributed by atoms with Crippen LogP contribution in [0.5, 0.6) is 0 Å². The lowest BCUT2D eigenvalue weighted by Crippen LogP contribution is -2.34. The van der Waals surface area contributed by atoms with Crippen molar-refractivity contribution in [3.05, 3.63) is 0 Å². The van der Waals surface area contributed by atoms with Crippen LogP contribution in [-0.2, 0) is 9.59 Å². The first kappa shape index (κ1) is 8.24. The second kappa shape index (κ2) is 3.03. The van der Waals surface area contributed by atoms with Gasteiger partial charge in [0.05, 0.1) is 0 Å². The molecule has 1 heterocycles. The van der Waals surface area contributed by atoms with Crippen molar-refractivity contribution in [2.45, 2.75) is 26.7 Å². The van der Waals surface area contributed by atoms with Gasteiger partial charge in [-0.25, -0.2) is 0 Å². The third kappa shape index (κ3) is 2.03. The highest BCUT2D eigenvalue weighted by Crippen LogP contribution is 2.22. The topological polar surface area (TPSA) is 48.2 Å². The van der Waals surface area contributed by atoms with Gasteiger partial charge in [0.2, 0.25) is 11.8 Å². The number of carbonyl (C=O) groups excluding carboxylic acids is 2. The molecule has 3 nitrogen and oxygen atoms in total. The molecule has 1 radical (unpaired) electrons. The zero-order chi connectivity index (χ0) is 8.43. The summed E-state index contributed by atoms with van der Waals surface area (Å²) in [6, 6.07) is 0. The Morgan fingerprint density at radius 1 is 1.27 bits per heavy atom. The van der Waals surface area contributed by atoms with Gasteiger partial charge >= 0.3 is 0 Å². The molecule has 1 rings (SSSR count). The van der Waals surface area contributed by atoms with Crippen LogP contribution in [0.4, 0.5) is 0 Å². The van der Waals surface area contributed by atoms with E-state index in [-0.39, 0.29) is 17.7 Å². The zero-order valence-electron chi connectivity index (χ0n) is 6.83. The van der Waals surface area contributed by atoms with Crippen LogP contribution >= 0.6 is 0 Å². The molecule has 11 heavy (non-hydrogen) atoms. The summed E-state index contributed by atoms with van der Waals surface area (Å²) in [7, 11) is 0. The normalized spacial score (nSPS) is 20.6. The molecule has 0 saturated carbocycles. The Morgan fingerprint density at radius 2 is 1.73 bits per heavy atom. The van der Waals surface area contributed by atoms with Crippen LogP contribution < -0.4 is 5.32 Å². The second-order valence-electron chi connectivity index (χ2n) is 3.31. The summed E-state index contributed by atoms with van der Waals surface area (Å²) in [5.74, 6) is 0.116. The van der Waals surface area contributed by atoms with E-state index in [0.717, 1.165) is 0 Å². The predicted molar refractivity (Wildman–Crippen MR) is 39.7 cm³/mol. The summed E-state index contributed by atoms with van der Waals surface area (Å²) < 4.78 is 0. The van der Waals surface area contributed by atoms with E-state index < -0.39 is 0 Å². The van der Waals surface area contributed by atoms with Crippen molar-refractivity contribution in [2.75, 3.05) is 0 Å². The van der Waals surface area contributed by atoms with Gasteiger partial charge in [-0.05, 0) is 11.8 Å². The van der Waals surface area contributed by atoms with E-state index in [1.54, 1.807) is 0 Å². The van der Waals surface area contributed by atoms with E-state index in [1.807, 2.05) is 13.8 Å². The molecule has 3 heteroatoms. The fourth-order valence-corrected chi connectivity index (χ4v) is 1.22. The monoisotopic (exact) mass is 154 g/mol. The second-order valence-corrected chi connectivity index (χ2v) is 3.31. The Balaban J connectivity index is 2.56. The lowest BCUT2D eigenvalue weighted by atomic mass is 9.87. The number of imide groups is 1. The van der Waals surface area contributed by atoms with Crippen LogP contribution in [0.25, 0.3) is 0 Å². The number of carbonyl (C=O) groups is 2. The van der Waals surface area contributed by atoms with Crippen LogP contribution in [0.1, 0.15) is 26.7 Å². The van der Waals surface area contributed by atoms with Gasteiger partial charge in [-0.2, -0.15) is 5.32 Å². The minimum absolute atomic E-state index is 0.215. The highest BCUT2D eigenvalue weighted by molar-refractivity contribution is 5.97. The Morgan fingerprint density at radius 3 is 2.09 bits per heavy atom. The van der Waals surface area contributed by atoms with Gasteiger partial charge in [-0.15, -0.1) is 0 Å². The average Bonchev–Trinajstić information content (AvgIpc) is 1.85. The molecule has 0 N–H and O–H groups in total. The van der Waals surface area contributed by atoms with Crippen LogP contribution in [0, 0.1) is 11.8 Å². The minimum Gasteiger partial charge on any atom is -0.272 e. The maximum atomic E-state index is 10.8. The van der Waals surface area contributed by atoms with E-state index in [2.05, 4.69) is 5.32 Å². The largest absolute Gasteiger partial charge is 0.272 e. The molecule has 61 valence electrons. The third-order valence-corrected chi connectivity index (χ3v) is 2.07. The van der Waals surface area contributed by atoms with Gasteiger partial charge in [0, 0.05) is 12.8 Å². The van der Waals surface area contributed by atoms with Crippen molar-refractivity contribution in [1.82, 2.24) is 5.32 Å². The molecule has 0 atom stereocenters. The SMILES string of the molecule is CC(C)C1CC(=O)[N]C(=O)C1. The molecule has 1 saturated heterocycles. The van der Waals surface area contributed by atoms with Crippen LogP contribution in [-0.4, -0.2) is 11.8 Å². The van der Waals surface area contributed by atoms with Gasteiger partial charge in [0.1, 0.15) is 0 Å². The highest BCUT2D eigenvalue weighted by atomic mass is 16.2. The molecular weight excluding hydrogens is 142 g/mol. The summed E-state index contributed by atoms with van der Waals surface area (Å²) >= 11 is 0. The fraction of sp³-hybridized carbons (Fsp3) is 0.750. The Labute approximate surface area is 66.2 Å². The van der Waals surface area contributed by atoms with E-state index in [1.165, 1.54) is 0 Å². The summed E-state index contributed by atoms with van der Waals surface area (Å²) in [6.07, 6.45) is 0.896. The summed E-state index contributed by atoms with van der Waals surface area (Å²) in [6.45, 7) is 4.05. The smallest absolute Gasteiger partial charge is 0.249 e. The molecule has 0 spiro atoms. The third-order valence-electron chi connectivity index (χ3n) is 2.07. The number of hydrogen-bond acceptors (Lipinski definition) is 2. The van der Waals surface area contributed by atoms with Gasteiger partial charge in [-0.1, -0.05) is 13.8 Å². The molecule has 0 aliphatic carbocycles. The quantitative estimate of drug-likeness (QED) is 0.522. The number of nitrogens with zero attached hydrogens (tertiary/aromatic N) is 1. The van der Waals surface area contributed by atoms with Gasteiger partial charge in [0.15, 0.2) is 0 Å². The number of amides is 2. The van der Waals surface area contributed by atoms with E-state index >= 15 is 0 Å². The van der Waals surface area contributed by atoms with Gasteiger partial charge in [-0.3, -0.25) is 9.59 Å². The maximum absolute atomic E-state index is 10.8. The zero-order valence-corrected chi connectivity index (χ0v) is 6.83. The average molecular weight is 154 g/mol. The molecule has 0 unspecified atom stereocenters. The maximum Gasteiger partial charge on any atom is 0.249 e. The number of rotatable bonds is 1. The highest BCUT2D eigenvalue weighted by Gasteiger charge is 2.28. The van der Waals surface area contributed by atoms with E-state index in [0.29, 0.717) is 18.8 Å². The van der Waals surface area contributed by atoms with E-state index in [9.17, 15) is 9.59 Å². The van der Waals surface area contributed by atoms with Crippen molar-refractivity contribution in [3.8, 4) is 0 Å². The molecule has 1 aliphatic heterocycles. The lowest BCUT2D eigenvalue weighted by molar-refractivity contribution is -0.136. The molecule has 0 aromatic rings. The molecule has 0 aromatic carbocycles. The first-order valence-corrected chi connectivity index (χ1v) is 3.87. The van der Waals surface area contributed by atoms with Crippen molar-refractivity contribution in [3.63, 3.8) is 0 Å². The molecule has 2 amide bonds. The number of piperidine rings is 1. The standard InChI is InChI=1S/C8H12NO2/c1-5(2)6-3-7(10)9-8(11)4-6/h5-6H,3-4H2,1-2H3. The van der Waals surface area contributed by atoms with Crippen molar-refractivity contribution in [1.29, 1.82) is 0 Å². The van der Waals surface area contributed by atoms with Crippen LogP contribution in [0.15, 0.2) is 0 Å². The fourth-order valence-electron chi connectivity index (χ4n) is 1.22. The summed E-state index contributed by atoms with van der Waals surface area (Å²) in [4.78, 5) is 21.6. The van der Waals surface area contributed by atoms with Crippen molar-refractivity contribution >= 4 is 11.8 Å². The Bertz CT molecular complexity index is 171. The molecular formula is C8H12NO2. The Kier molecular flexibility index (Phi) is 2.27. The predicted octanol–water partition coefficient (Wildman–Crippen LogP) is 0.710. The van der Waals surface area contributed by atoms with Crippen LogP contribution in [0.3, 0.4) is 0 Å². The molecule has 1 fully saturated rings. The molecule has 0 aromatic heterocycles. The van der Waals surface area contributed by atoms with Crippen molar-refractivity contribution < 1.29 is 9.59 Å².